The quantitative estimate of drug-likeness (QED) is 0.00846. The molecule has 15 amide bonds. The number of carbonyl (C=O) groups excluding carboxylic acids is 15. The molecule has 4 aromatic rings. The Kier molecular flexibility index (Phi) is 42.8. The number of primary amides is 3. The Labute approximate surface area is 722 Å². The highest BCUT2D eigenvalue weighted by Crippen LogP contribution is 2.19. The lowest BCUT2D eigenvalue weighted by molar-refractivity contribution is -0.138. The van der Waals surface area contributed by atoms with Crippen molar-refractivity contribution in [3.63, 3.8) is 0 Å². The summed E-state index contributed by atoms with van der Waals surface area (Å²) >= 11 is 0. The summed E-state index contributed by atoms with van der Waals surface area (Å²) in [5.74, 6) is -17.8. The van der Waals surface area contributed by atoms with E-state index in [4.69, 9.17) is 57.3 Å². The third-order valence-electron chi connectivity index (χ3n) is 19.3. The molecule has 0 spiro atoms. The zero-order valence-corrected chi connectivity index (χ0v) is 71.3. The highest BCUT2D eigenvalue weighted by molar-refractivity contribution is 6.02. The molecular weight excluding hydrogens is 1630 g/mol. The Morgan fingerprint density at radius 2 is 0.768 bits per heavy atom. The number of amides is 15. The van der Waals surface area contributed by atoms with Crippen molar-refractivity contribution in [2.75, 3.05) is 25.4 Å². The van der Waals surface area contributed by atoms with Gasteiger partial charge in [0, 0.05) is 68.5 Å². The Balaban J connectivity index is 1.62. The van der Waals surface area contributed by atoms with E-state index < -0.39 is 204 Å². The third-order valence-corrected chi connectivity index (χ3v) is 19.3. The van der Waals surface area contributed by atoms with E-state index in [1.807, 2.05) is 0 Å². The number of phenols is 2. The van der Waals surface area contributed by atoms with Gasteiger partial charge in [-0.2, -0.15) is 0 Å². The standard InChI is InChI=1S/C80H123N27O18/c1-39(2)30-56(101-72(120)58(34-45-17-22-49(110)23-18-45)103-73(121)59(35-47-37-91-38-95-47)104-69(117)51(12-9-27-92-78(85)86)96-66(114)46-19-24-50(81)42(7)32-46)71(119)105-60(36-62(83)112)74(122)102-57(31-40(3)4)75(123)106-63(41(5)6)76(124)107-64(43(8)108)77(125)99-53(14-11-29-94-80(89)90)67(115)98-54(25-26-61(82)111)70(118)97-52(13-10-28-93-79(87)88)68(116)100-55(65(84)113)33-44-15-20-48(109)21-16-44/h15-24,32,37-41,43,51-60,63-64,108-110H,9-14,25-31,33-36,81H2,1-8H3,(H2,82,111)(H2,83,112)(H2,84,113)(H,91,95)(H,96,114)(H,97,118)(H,98,115)(H,99,125)(H,100,116)(H,101,120)(H,102,122)(H,103,121)(H,104,117)(H,105,119)(H,106,123)(H,107,124)(H4,85,86,92)(H4,87,88,93)(H4,89,90,94)/t43-,51+,52+,53+,54+,55+,56+,57+,58+,59+,60+,63+,64+/m1/s1. The van der Waals surface area contributed by atoms with E-state index in [0.29, 0.717) is 28.1 Å². The number of aromatic nitrogens is 2. The van der Waals surface area contributed by atoms with Crippen molar-refractivity contribution in [1.82, 2.24) is 73.8 Å². The first-order chi connectivity index (χ1) is 58.8. The molecule has 0 saturated heterocycles. The van der Waals surface area contributed by atoms with Crippen molar-refractivity contribution in [3.8, 4) is 11.5 Å². The number of phenolic OH excluding ortho intramolecular Hbond substituents is 2. The average molecular weight is 1750 g/mol. The van der Waals surface area contributed by atoms with Crippen molar-refractivity contribution in [2.24, 2.45) is 84.3 Å². The molecule has 45 heteroatoms. The minimum absolute atomic E-state index is 0.0395. The summed E-state index contributed by atoms with van der Waals surface area (Å²) in [6.45, 7) is 12.4. The Hall–Kier alpha value is -13.9. The smallest absolute Gasteiger partial charge is 0.251 e. The van der Waals surface area contributed by atoms with E-state index in [9.17, 15) is 87.2 Å². The van der Waals surface area contributed by atoms with Crippen molar-refractivity contribution in [3.05, 3.63) is 107 Å². The number of rotatable bonds is 54. The number of aliphatic hydroxyl groups excluding tert-OH is 1. The van der Waals surface area contributed by atoms with Gasteiger partial charge in [0.05, 0.1) is 18.9 Å². The molecule has 0 aliphatic heterocycles. The maximum Gasteiger partial charge on any atom is 0.251 e. The summed E-state index contributed by atoms with van der Waals surface area (Å²) in [7, 11) is 0. The Bertz CT molecular complexity index is 4420. The molecule has 0 unspecified atom stereocenters. The number of aliphatic imine (C=N–C) groups is 3. The summed E-state index contributed by atoms with van der Waals surface area (Å²) in [6, 6.07) is -3.43. The maximum atomic E-state index is 14.9. The highest BCUT2D eigenvalue weighted by Gasteiger charge is 2.40. The Morgan fingerprint density at radius 1 is 0.408 bits per heavy atom. The van der Waals surface area contributed by atoms with Crippen LogP contribution in [0.15, 0.2) is 94.2 Å². The number of H-pyrrole nitrogens is 1. The average Bonchev–Trinajstić information content (AvgIpc) is 1.20. The Morgan fingerprint density at radius 3 is 1.17 bits per heavy atom. The van der Waals surface area contributed by atoms with Gasteiger partial charge in [0.1, 0.15) is 84.0 Å². The van der Waals surface area contributed by atoms with E-state index in [-0.39, 0.29) is 125 Å². The van der Waals surface area contributed by atoms with Crippen LogP contribution in [-0.2, 0) is 86.4 Å². The van der Waals surface area contributed by atoms with Crippen molar-refractivity contribution in [2.45, 2.75) is 224 Å². The summed E-state index contributed by atoms with van der Waals surface area (Å²) in [5.41, 5.74) is 58.5. The molecule has 0 aliphatic rings. The van der Waals surface area contributed by atoms with Gasteiger partial charge in [-0.3, -0.25) is 86.9 Å². The molecule has 125 heavy (non-hydrogen) atoms. The molecule has 1 aromatic heterocycles. The van der Waals surface area contributed by atoms with Crippen LogP contribution in [-0.4, -0.2) is 230 Å². The molecule has 45 nitrogen and oxygen atoms in total. The van der Waals surface area contributed by atoms with Gasteiger partial charge in [0.2, 0.25) is 82.7 Å². The van der Waals surface area contributed by atoms with Gasteiger partial charge in [-0.05, 0) is 149 Å². The van der Waals surface area contributed by atoms with Gasteiger partial charge in [-0.15, -0.1) is 0 Å². The number of carbonyl (C=O) groups is 15. The predicted molar refractivity (Wildman–Crippen MR) is 461 cm³/mol. The SMILES string of the molecule is Cc1cc(C(=O)N[C@@H](CCCN=C(N)N)C(=O)N[C@@H](Cc2cnc[nH]2)C(=O)N[C@@H](Cc2ccc(O)cc2)C(=O)N[C@@H](CC(C)C)C(=O)N[C@@H](CC(N)=O)C(=O)N[C@@H](CC(C)C)C(=O)N[C@H](C(=O)N[C@H](C(=O)N[C@@H](CCCN=C(N)N)C(=O)N[C@@H](CCC(N)=O)C(=O)N[C@@H](CCCN=C(N)N)C(=O)N[C@@H](Cc2ccc(O)cc2)C(N)=O)[C@@H](C)O)C(C)C)ccc1N. The number of nitrogens with one attached hydrogen (secondary N) is 13. The molecule has 0 aliphatic carbocycles. The summed E-state index contributed by atoms with van der Waals surface area (Å²) in [6.07, 6.45) is -2.36. The number of nitrogens with zero attached hydrogens (tertiary/aromatic N) is 4. The second-order valence-electron chi connectivity index (χ2n) is 31.3. The van der Waals surface area contributed by atoms with Crippen LogP contribution in [0.4, 0.5) is 5.69 Å². The monoisotopic (exact) mass is 1750 g/mol. The van der Waals surface area contributed by atoms with Crippen LogP contribution in [0.25, 0.3) is 0 Å². The fraction of sp³-hybridized carbons (Fsp3) is 0.512. The van der Waals surface area contributed by atoms with E-state index in [1.54, 1.807) is 34.6 Å². The summed E-state index contributed by atoms with van der Waals surface area (Å²) < 4.78 is 0. The van der Waals surface area contributed by atoms with E-state index in [2.05, 4.69) is 88.7 Å². The molecule has 0 saturated carbocycles. The van der Waals surface area contributed by atoms with E-state index in [0.717, 1.165) is 6.92 Å². The lowest BCUT2D eigenvalue weighted by Crippen LogP contribution is -2.63. The number of hydrogen-bond acceptors (Lipinski definition) is 23. The molecule has 0 fully saturated rings. The van der Waals surface area contributed by atoms with Gasteiger partial charge >= 0.3 is 0 Å². The first-order valence-corrected chi connectivity index (χ1v) is 40.6. The maximum absolute atomic E-state index is 14.9. The molecule has 13 atom stereocenters. The topological polar surface area (TPSA) is 787 Å². The van der Waals surface area contributed by atoms with Crippen LogP contribution < -0.4 is 121 Å². The van der Waals surface area contributed by atoms with Gasteiger partial charge in [0.15, 0.2) is 17.9 Å². The van der Waals surface area contributed by atoms with Crippen LogP contribution in [0.3, 0.4) is 0 Å². The first kappa shape index (κ1) is 103. The number of nitrogen functional groups attached to an aromatic ring is 1. The number of aromatic hydroxyl groups is 2. The van der Waals surface area contributed by atoms with Crippen molar-refractivity contribution >= 4 is 112 Å². The van der Waals surface area contributed by atoms with Crippen LogP contribution in [0.5, 0.6) is 11.5 Å². The van der Waals surface area contributed by atoms with Gasteiger partial charge in [-0.1, -0.05) is 65.8 Å². The fourth-order valence-corrected chi connectivity index (χ4v) is 12.6. The summed E-state index contributed by atoms with van der Waals surface area (Å²) in [4.78, 5) is 230. The third kappa shape index (κ3) is 38.0. The van der Waals surface area contributed by atoms with Crippen LogP contribution in [0, 0.1) is 24.7 Å². The zero-order valence-electron chi connectivity index (χ0n) is 71.3. The molecule has 686 valence electrons. The van der Waals surface area contributed by atoms with Crippen LogP contribution in [0.1, 0.15) is 152 Å². The van der Waals surface area contributed by atoms with Gasteiger partial charge < -0.3 is 141 Å². The number of aromatic amines is 1. The predicted octanol–water partition coefficient (Wildman–Crippen LogP) is -6.21. The first-order valence-electron chi connectivity index (χ1n) is 40.6. The number of aliphatic hydroxyl groups is 1. The van der Waals surface area contributed by atoms with Crippen LogP contribution in [0.2, 0.25) is 0 Å². The second-order valence-corrected chi connectivity index (χ2v) is 31.3. The largest absolute Gasteiger partial charge is 0.508 e. The molecule has 4 rings (SSSR count). The lowest BCUT2D eigenvalue weighted by atomic mass is 9.98. The molecule has 1 heterocycles. The lowest BCUT2D eigenvalue weighted by Gasteiger charge is -2.30. The summed E-state index contributed by atoms with van der Waals surface area (Å²) in [5, 5.41) is 61.9. The van der Waals surface area contributed by atoms with E-state index in [1.165, 1.54) is 93.1 Å². The minimum atomic E-state index is -1.93. The molecular formula is C80H123N27O18. The number of nitrogens with two attached hydrogens (primary N) is 10. The molecule has 0 bridgehead atoms. The van der Waals surface area contributed by atoms with Crippen molar-refractivity contribution < 1.29 is 87.2 Å². The zero-order chi connectivity index (χ0) is 93.5. The van der Waals surface area contributed by atoms with Crippen LogP contribution >= 0.6 is 0 Å². The second kappa shape index (κ2) is 51.8. The number of benzene rings is 3. The highest BCUT2D eigenvalue weighted by atomic mass is 16.3. The number of aryl methyl sites for hydroxylation is 1. The van der Waals surface area contributed by atoms with Gasteiger partial charge in [0.25, 0.3) is 5.91 Å². The normalized spacial score (nSPS) is 14.2. The number of anilines is 1. The molecule has 3 aromatic carbocycles. The number of imidazole rings is 1. The van der Waals surface area contributed by atoms with Gasteiger partial charge in [-0.25, -0.2) is 4.98 Å². The minimum Gasteiger partial charge on any atom is -0.508 e. The fourth-order valence-electron chi connectivity index (χ4n) is 12.6. The number of hydrogen-bond donors (Lipinski definition) is 26. The molecule has 36 N–H and O–H groups in total. The van der Waals surface area contributed by atoms with E-state index >= 15 is 0 Å². The molecule has 0 radical (unpaired) electrons. The van der Waals surface area contributed by atoms with Crippen molar-refractivity contribution in [1.29, 1.82) is 0 Å². The number of guanidine groups is 3.